The minimum atomic E-state index is -3.47. The quantitative estimate of drug-likeness (QED) is 0.483. The lowest BCUT2D eigenvalue weighted by Crippen LogP contribution is -2.33. The van der Waals surface area contributed by atoms with Crippen LogP contribution in [-0.4, -0.2) is 35.9 Å². The van der Waals surface area contributed by atoms with Crippen molar-refractivity contribution in [2.75, 3.05) is 26.3 Å². The van der Waals surface area contributed by atoms with Crippen molar-refractivity contribution >= 4 is 23.8 Å². The predicted octanol–water partition coefficient (Wildman–Crippen LogP) is 2.65. The second-order valence-electron chi connectivity index (χ2n) is 3.86. The number of hydrogen-bond acceptors (Lipinski definition) is 5. The summed E-state index contributed by atoms with van der Waals surface area (Å²) in [6.07, 6.45) is 0. The highest BCUT2D eigenvalue weighted by atomic mass is 35.7. The number of hydrogen-bond donors (Lipinski definition) is 0. The summed E-state index contributed by atoms with van der Waals surface area (Å²) in [5, 5.41) is 10.5. The minimum absolute atomic E-state index is 0.0665. The Morgan fingerprint density at radius 1 is 1.32 bits per heavy atom. The Morgan fingerprint density at radius 3 is 2.42 bits per heavy atom. The summed E-state index contributed by atoms with van der Waals surface area (Å²) in [6, 6.07) is 5.28. The maximum atomic E-state index is 12.2. The highest BCUT2D eigenvalue weighted by Crippen LogP contribution is 2.55. The van der Waals surface area contributed by atoms with Crippen LogP contribution in [-0.2, 0) is 9.30 Å². The molecule has 0 unspecified atom stereocenters. The summed E-state index contributed by atoms with van der Waals surface area (Å²) < 4.78 is 24.1. The van der Waals surface area contributed by atoms with Crippen LogP contribution in [0.25, 0.3) is 0 Å². The Bertz CT molecular complexity index is 503. The number of benzene rings is 1. The van der Waals surface area contributed by atoms with Gasteiger partial charge in [-0.3, -0.25) is 10.1 Å². The second kappa shape index (κ2) is 5.88. The van der Waals surface area contributed by atoms with E-state index in [1.165, 1.54) is 28.9 Å². The molecule has 7 nitrogen and oxygen atoms in total. The van der Waals surface area contributed by atoms with Crippen LogP contribution in [0.2, 0.25) is 0 Å². The average Bonchev–Trinajstić information content (AvgIpc) is 2.40. The number of rotatable bonds is 4. The van der Waals surface area contributed by atoms with Gasteiger partial charge in [-0.25, -0.2) is 9.24 Å². The van der Waals surface area contributed by atoms with Crippen LogP contribution in [0.1, 0.15) is 0 Å². The molecular formula is C10H12ClN2O5P. The van der Waals surface area contributed by atoms with Gasteiger partial charge in [0.05, 0.1) is 18.1 Å². The van der Waals surface area contributed by atoms with Crippen LogP contribution in [0.15, 0.2) is 24.3 Å². The third kappa shape index (κ3) is 3.67. The molecule has 0 aliphatic carbocycles. The summed E-state index contributed by atoms with van der Waals surface area (Å²) in [6.45, 7) is -1.73. The van der Waals surface area contributed by atoms with Crippen LogP contribution in [0.4, 0.5) is 5.69 Å². The number of nitro groups is 1. The summed E-state index contributed by atoms with van der Waals surface area (Å²) in [7, 11) is 0. The van der Waals surface area contributed by atoms with E-state index >= 15 is 0 Å². The highest BCUT2D eigenvalue weighted by molar-refractivity contribution is 7.83. The van der Waals surface area contributed by atoms with E-state index in [9.17, 15) is 14.7 Å². The lowest BCUT2D eigenvalue weighted by Gasteiger charge is -2.29. The van der Waals surface area contributed by atoms with Crippen molar-refractivity contribution in [1.82, 2.24) is 4.67 Å². The van der Waals surface area contributed by atoms with Crippen molar-refractivity contribution in [1.29, 1.82) is 0 Å². The van der Waals surface area contributed by atoms with E-state index in [0.717, 1.165) is 0 Å². The summed E-state index contributed by atoms with van der Waals surface area (Å²) in [5.41, 5.74) is -0.0665. The molecule has 1 aliphatic heterocycles. The van der Waals surface area contributed by atoms with Crippen molar-refractivity contribution < 1.29 is 18.7 Å². The van der Waals surface area contributed by atoms with E-state index in [2.05, 4.69) is 0 Å². The van der Waals surface area contributed by atoms with Gasteiger partial charge in [0.2, 0.25) is 0 Å². The molecule has 0 N–H and O–H groups in total. The molecule has 0 bridgehead atoms. The first-order valence-electron chi connectivity index (χ1n) is 5.56. The van der Waals surface area contributed by atoms with E-state index < -0.39 is 11.8 Å². The smallest absolute Gasteiger partial charge is 0.411 e. The molecule has 1 aromatic rings. The minimum Gasteiger partial charge on any atom is -0.422 e. The van der Waals surface area contributed by atoms with E-state index in [4.69, 9.17) is 20.5 Å². The van der Waals surface area contributed by atoms with Gasteiger partial charge < -0.3 is 9.26 Å². The second-order valence-corrected chi connectivity index (χ2v) is 6.79. The molecule has 1 fully saturated rings. The molecule has 0 aromatic heterocycles. The first kappa shape index (κ1) is 14.3. The maximum Gasteiger partial charge on any atom is 0.411 e. The Hall–Kier alpha value is -1.14. The third-order valence-corrected chi connectivity index (χ3v) is 4.95. The normalized spacial score (nSPS) is 19.6. The molecule has 1 saturated heterocycles. The van der Waals surface area contributed by atoms with Crippen molar-refractivity contribution in [2.24, 2.45) is 0 Å². The highest BCUT2D eigenvalue weighted by Gasteiger charge is 2.32. The Balaban J connectivity index is 2.06. The molecule has 0 spiro atoms. The van der Waals surface area contributed by atoms with Crippen LogP contribution in [0.5, 0.6) is 5.75 Å². The SMILES string of the molecule is O=[N+]([O-])c1ccc(O[P@@](=O)(Cl)N2CCOCC2)cc1. The fraction of sp³-hybridized carbons (Fsp3) is 0.400. The predicted molar refractivity (Wildman–Crippen MR) is 69.6 cm³/mol. The van der Waals surface area contributed by atoms with Gasteiger partial charge >= 0.3 is 6.87 Å². The third-order valence-electron chi connectivity index (χ3n) is 2.59. The molecule has 0 amide bonds. The first-order valence-corrected chi connectivity index (χ1v) is 8.04. The number of ether oxygens (including phenoxy) is 1. The van der Waals surface area contributed by atoms with Gasteiger partial charge in [-0.05, 0) is 12.1 Å². The average molecular weight is 307 g/mol. The van der Waals surface area contributed by atoms with Crippen molar-refractivity contribution in [3.05, 3.63) is 34.4 Å². The van der Waals surface area contributed by atoms with Gasteiger partial charge in [0.15, 0.2) is 0 Å². The fourth-order valence-electron chi connectivity index (χ4n) is 1.61. The van der Waals surface area contributed by atoms with Crippen LogP contribution >= 0.6 is 18.1 Å². The molecule has 1 heterocycles. The van der Waals surface area contributed by atoms with Crippen molar-refractivity contribution in [3.63, 3.8) is 0 Å². The van der Waals surface area contributed by atoms with Gasteiger partial charge in [0.25, 0.3) is 5.69 Å². The zero-order valence-corrected chi connectivity index (χ0v) is 11.5. The molecule has 1 atom stereocenters. The van der Waals surface area contributed by atoms with E-state index in [1.807, 2.05) is 0 Å². The van der Waals surface area contributed by atoms with E-state index in [0.29, 0.717) is 26.3 Å². The van der Waals surface area contributed by atoms with Gasteiger partial charge in [-0.15, -0.1) is 0 Å². The van der Waals surface area contributed by atoms with Crippen molar-refractivity contribution in [3.8, 4) is 5.75 Å². The molecule has 1 aromatic carbocycles. The Kier molecular flexibility index (Phi) is 4.42. The standard InChI is InChI=1S/C10H12ClN2O5P/c11-19(16,12-5-7-17-8-6-12)18-10-3-1-9(2-4-10)13(14)15/h1-4H,5-8H2/t19-/m0/s1. The zero-order valence-electron chi connectivity index (χ0n) is 9.90. The molecular weight excluding hydrogens is 295 g/mol. The number of nitrogens with zero attached hydrogens (tertiary/aromatic N) is 2. The van der Waals surface area contributed by atoms with Crippen LogP contribution in [0, 0.1) is 10.1 Å². The summed E-state index contributed by atoms with van der Waals surface area (Å²) in [4.78, 5) is 9.98. The maximum absolute atomic E-state index is 12.2. The van der Waals surface area contributed by atoms with Gasteiger partial charge in [0.1, 0.15) is 5.75 Å². The Labute approximate surface area is 114 Å². The van der Waals surface area contributed by atoms with E-state index in [1.54, 1.807) is 0 Å². The molecule has 1 aliphatic rings. The Morgan fingerprint density at radius 2 is 1.89 bits per heavy atom. The van der Waals surface area contributed by atoms with Gasteiger partial charge in [-0.1, -0.05) is 0 Å². The number of non-ortho nitro benzene ring substituents is 1. The van der Waals surface area contributed by atoms with Crippen molar-refractivity contribution in [2.45, 2.75) is 0 Å². The molecule has 104 valence electrons. The number of morpholine rings is 1. The molecule has 9 heteroatoms. The van der Waals surface area contributed by atoms with Crippen LogP contribution < -0.4 is 4.52 Å². The fourth-order valence-corrected chi connectivity index (χ4v) is 3.44. The molecule has 0 saturated carbocycles. The number of nitro benzene ring substituents is 1. The first-order chi connectivity index (χ1) is 8.99. The topological polar surface area (TPSA) is 81.9 Å². The largest absolute Gasteiger partial charge is 0.422 e. The molecule has 2 rings (SSSR count). The summed E-state index contributed by atoms with van der Waals surface area (Å²) >= 11 is 5.92. The lowest BCUT2D eigenvalue weighted by molar-refractivity contribution is -0.384. The van der Waals surface area contributed by atoms with Gasteiger partial charge in [0, 0.05) is 36.5 Å². The monoisotopic (exact) mass is 306 g/mol. The van der Waals surface area contributed by atoms with Crippen LogP contribution in [0.3, 0.4) is 0 Å². The molecule has 19 heavy (non-hydrogen) atoms. The number of halogens is 1. The zero-order chi connectivity index (χ0) is 13.9. The lowest BCUT2D eigenvalue weighted by atomic mass is 10.3. The van der Waals surface area contributed by atoms with E-state index in [-0.39, 0.29) is 11.4 Å². The van der Waals surface area contributed by atoms with Gasteiger partial charge in [-0.2, -0.15) is 0 Å². The molecule has 0 radical (unpaired) electrons. The summed E-state index contributed by atoms with van der Waals surface area (Å²) in [5.74, 6) is 0.232.